The molecule has 3 N–H and O–H groups in total. The van der Waals surface area contributed by atoms with E-state index in [0.29, 0.717) is 6.42 Å². The second-order valence-electron chi connectivity index (χ2n) is 4.87. The van der Waals surface area contributed by atoms with Crippen molar-refractivity contribution in [2.75, 3.05) is 0 Å². The fourth-order valence-electron chi connectivity index (χ4n) is 1.97. The molecule has 0 aliphatic heterocycles. The number of nitrogens with one attached hydrogen (secondary N) is 2. The Morgan fingerprint density at radius 2 is 2.05 bits per heavy atom. The van der Waals surface area contributed by atoms with E-state index in [1.165, 1.54) is 4.88 Å². The van der Waals surface area contributed by atoms with Gasteiger partial charge in [0.1, 0.15) is 0 Å². The minimum atomic E-state index is -0.898. The Balaban J connectivity index is 2.50. The van der Waals surface area contributed by atoms with Crippen LogP contribution in [-0.4, -0.2) is 23.1 Å². The van der Waals surface area contributed by atoms with Gasteiger partial charge in [0.25, 0.3) is 0 Å². The van der Waals surface area contributed by atoms with E-state index in [1.807, 2.05) is 32.9 Å². The topological polar surface area (TPSA) is 78.4 Å². The molecule has 112 valence electrons. The molecule has 0 fully saturated rings. The fourth-order valence-corrected chi connectivity index (χ4v) is 2.85. The quantitative estimate of drug-likeness (QED) is 0.724. The molecule has 1 heterocycles. The molecule has 5 nitrogen and oxygen atoms in total. The van der Waals surface area contributed by atoms with Gasteiger partial charge in [-0.3, -0.25) is 4.79 Å². The molecule has 2 amide bonds. The zero-order valence-corrected chi connectivity index (χ0v) is 12.9. The van der Waals surface area contributed by atoms with Crippen LogP contribution < -0.4 is 10.6 Å². The summed E-state index contributed by atoms with van der Waals surface area (Å²) in [5.74, 6) is -0.898. The van der Waals surface area contributed by atoms with E-state index in [0.717, 1.165) is 11.3 Å². The van der Waals surface area contributed by atoms with E-state index in [9.17, 15) is 9.59 Å². The first kappa shape index (κ1) is 16.5. The van der Waals surface area contributed by atoms with E-state index in [1.54, 1.807) is 11.3 Å². The molecule has 1 aromatic heterocycles. The highest BCUT2D eigenvalue weighted by molar-refractivity contribution is 7.12. The lowest BCUT2D eigenvalue weighted by molar-refractivity contribution is -0.137. The number of thiophene rings is 1. The Morgan fingerprint density at radius 1 is 1.35 bits per heavy atom. The molecule has 0 spiro atoms. The molecule has 1 rings (SSSR count). The van der Waals surface area contributed by atoms with Crippen molar-refractivity contribution in [3.05, 3.63) is 21.9 Å². The van der Waals surface area contributed by atoms with Gasteiger partial charge in [-0.15, -0.1) is 11.3 Å². The number of hydrogen-bond acceptors (Lipinski definition) is 3. The van der Waals surface area contributed by atoms with E-state index in [4.69, 9.17) is 5.11 Å². The molecule has 0 bridgehead atoms. The van der Waals surface area contributed by atoms with Gasteiger partial charge in [-0.1, -0.05) is 13.3 Å². The third kappa shape index (κ3) is 5.61. The number of aryl methyl sites for hydroxylation is 1. The van der Waals surface area contributed by atoms with Gasteiger partial charge < -0.3 is 15.7 Å². The number of carboxylic acids is 1. The number of carbonyl (C=O) groups excluding carboxylic acids is 1. The average molecular weight is 298 g/mol. The normalized spacial score (nSPS) is 13.6. The highest BCUT2D eigenvalue weighted by Gasteiger charge is 2.17. The van der Waals surface area contributed by atoms with Crippen LogP contribution in [-0.2, 0) is 4.79 Å². The predicted octanol–water partition coefficient (Wildman–Crippen LogP) is 3.06. The van der Waals surface area contributed by atoms with Crippen LogP contribution >= 0.6 is 11.3 Å². The maximum absolute atomic E-state index is 11.9. The molecular weight excluding hydrogens is 276 g/mol. The van der Waals surface area contributed by atoms with Crippen molar-refractivity contribution in [2.24, 2.45) is 0 Å². The van der Waals surface area contributed by atoms with Gasteiger partial charge in [-0.05, 0) is 32.4 Å². The summed E-state index contributed by atoms with van der Waals surface area (Å²) in [5, 5.41) is 14.4. The zero-order chi connectivity index (χ0) is 15.1. The molecule has 2 atom stereocenters. The summed E-state index contributed by atoms with van der Waals surface area (Å²) >= 11 is 1.64. The van der Waals surface area contributed by atoms with E-state index in [2.05, 4.69) is 10.6 Å². The van der Waals surface area contributed by atoms with E-state index < -0.39 is 5.97 Å². The van der Waals surface area contributed by atoms with Gasteiger partial charge in [0.2, 0.25) is 0 Å². The zero-order valence-electron chi connectivity index (χ0n) is 12.1. The summed E-state index contributed by atoms with van der Waals surface area (Å²) in [7, 11) is 0. The lowest BCUT2D eigenvalue weighted by atomic mass is 10.1. The van der Waals surface area contributed by atoms with Crippen molar-refractivity contribution in [1.82, 2.24) is 10.6 Å². The van der Waals surface area contributed by atoms with Crippen LogP contribution in [0.2, 0.25) is 0 Å². The van der Waals surface area contributed by atoms with Crippen molar-refractivity contribution >= 4 is 23.3 Å². The van der Waals surface area contributed by atoms with Crippen LogP contribution in [0.4, 0.5) is 4.79 Å². The number of urea groups is 1. The molecule has 0 saturated heterocycles. The highest BCUT2D eigenvalue weighted by atomic mass is 32.1. The van der Waals surface area contributed by atoms with Gasteiger partial charge in [-0.2, -0.15) is 0 Å². The van der Waals surface area contributed by atoms with E-state index in [-0.39, 0.29) is 24.5 Å². The summed E-state index contributed by atoms with van der Waals surface area (Å²) in [6, 6.07) is 3.28. The Kier molecular flexibility index (Phi) is 6.51. The molecule has 20 heavy (non-hydrogen) atoms. The van der Waals surface area contributed by atoms with Crippen molar-refractivity contribution in [2.45, 2.75) is 52.1 Å². The molecule has 1 aromatic rings. The summed E-state index contributed by atoms with van der Waals surface area (Å²) in [6.07, 6.45) is 1.44. The maximum Gasteiger partial charge on any atom is 0.315 e. The number of carboxylic acid groups (broad SMARTS) is 1. The van der Waals surface area contributed by atoms with Crippen LogP contribution in [0.5, 0.6) is 0 Å². The van der Waals surface area contributed by atoms with Crippen LogP contribution in [0.25, 0.3) is 0 Å². The van der Waals surface area contributed by atoms with Gasteiger partial charge in [0.05, 0.1) is 12.5 Å². The van der Waals surface area contributed by atoms with Crippen molar-refractivity contribution < 1.29 is 14.7 Å². The summed E-state index contributed by atoms with van der Waals surface area (Å²) in [6.45, 7) is 5.90. The van der Waals surface area contributed by atoms with Gasteiger partial charge in [0, 0.05) is 15.8 Å². The third-order valence-electron chi connectivity index (χ3n) is 2.93. The lowest BCUT2D eigenvalue weighted by Gasteiger charge is -2.19. The Morgan fingerprint density at radius 3 is 2.55 bits per heavy atom. The summed E-state index contributed by atoms with van der Waals surface area (Å²) in [5.41, 5.74) is 0. The summed E-state index contributed by atoms with van der Waals surface area (Å²) in [4.78, 5) is 24.9. The Labute approximate surface area is 123 Å². The summed E-state index contributed by atoms with van der Waals surface area (Å²) < 4.78 is 0. The number of amides is 2. The first-order valence-electron chi connectivity index (χ1n) is 6.77. The van der Waals surface area contributed by atoms with Crippen molar-refractivity contribution in [1.29, 1.82) is 0 Å². The molecule has 0 aliphatic rings. The molecular formula is C14H22N2O3S. The van der Waals surface area contributed by atoms with Crippen LogP contribution in [0.15, 0.2) is 12.1 Å². The lowest BCUT2D eigenvalue weighted by Crippen LogP contribution is -2.43. The van der Waals surface area contributed by atoms with Crippen LogP contribution in [0, 0.1) is 6.92 Å². The van der Waals surface area contributed by atoms with Crippen molar-refractivity contribution in [3.63, 3.8) is 0 Å². The van der Waals surface area contributed by atoms with E-state index >= 15 is 0 Å². The number of rotatable bonds is 7. The smallest absolute Gasteiger partial charge is 0.315 e. The molecule has 0 saturated carbocycles. The molecule has 0 radical (unpaired) electrons. The first-order valence-corrected chi connectivity index (χ1v) is 7.59. The molecule has 0 aromatic carbocycles. The third-order valence-corrected chi connectivity index (χ3v) is 4.11. The molecule has 6 heteroatoms. The van der Waals surface area contributed by atoms with Gasteiger partial charge in [0.15, 0.2) is 0 Å². The fraction of sp³-hybridized carbons (Fsp3) is 0.571. The molecule has 0 aliphatic carbocycles. The minimum Gasteiger partial charge on any atom is -0.481 e. The second kappa shape index (κ2) is 7.89. The van der Waals surface area contributed by atoms with Crippen LogP contribution in [0.3, 0.4) is 0 Å². The monoisotopic (exact) mass is 298 g/mol. The van der Waals surface area contributed by atoms with Crippen molar-refractivity contribution in [3.8, 4) is 0 Å². The Bertz CT molecular complexity index is 459. The second-order valence-corrected chi connectivity index (χ2v) is 6.19. The Hall–Kier alpha value is -1.56. The number of aliphatic carboxylic acids is 1. The largest absolute Gasteiger partial charge is 0.481 e. The predicted molar refractivity (Wildman–Crippen MR) is 80.1 cm³/mol. The molecule has 2 unspecified atom stereocenters. The number of hydrogen-bond donors (Lipinski definition) is 3. The first-order chi connectivity index (χ1) is 9.42. The van der Waals surface area contributed by atoms with Gasteiger partial charge >= 0.3 is 12.0 Å². The minimum absolute atomic E-state index is 0.0479. The maximum atomic E-state index is 11.9. The average Bonchev–Trinajstić information content (AvgIpc) is 2.75. The number of carbonyl (C=O) groups is 2. The highest BCUT2D eigenvalue weighted by Crippen LogP contribution is 2.22. The standard InChI is InChI=1S/C14H22N2O3S/c1-4-5-11(8-13(17)18)16-14(19)15-10(3)12-7-6-9(2)20-12/h6-7,10-11H,4-5,8H2,1-3H3,(H,17,18)(H2,15,16,19). The SMILES string of the molecule is CCCC(CC(=O)O)NC(=O)NC(C)c1ccc(C)s1. The van der Waals surface area contributed by atoms with Crippen LogP contribution in [0.1, 0.15) is 48.9 Å². The van der Waals surface area contributed by atoms with Gasteiger partial charge in [-0.25, -0.2) is 4.79 Å².